The predicted octanol–water partition coefficient (Wildman–Crippen LogP) is 2.08. The molecule has 2 heteroatoms. The molecule has 2 atom stereocenters. The molecule has 0 aromatic heterocycles. The van der Waals surface area contributed by atoms with E-state index in [9.17, 15) is 4.79 Å². The van der Waals surface area contributed by atoms with Crippen LogP contribution in [0.15, 0.2) is 0 Å². The van der Waals surface area contributed by atoms with Gasteiger partial charge in [0.25, 0.3) is 0 Å². The Morgan fingerprint density at radius 3 is 2.21 bits per heavy atom. The number of carbonyl (C=O) groups excluding carboxylic acids is 1. The van der Waals surface area contributed by atoms with Gasteiger partial charge in [0.2, 0.25) is 5.91 Å². The van der Waals surface area contributed by atoms with Gasteiger partial charge in [-0.3, -0.25) is 4.79 Å². The Morgan fingerprint density at radius 2 is 1.64 bits per heavy atom. The normalized spacial score (nSPS) is 50.4. The lowest BCUT2D eigenvalue weighted by Crippen LogP contribution is -2.43. The highest BCUT2D eigenvalue weighted by Crippen LogP contribution is 2.56. The summed E-state index contributed by atoms with van der Waals surface area (Å²) in [5.41, 5.74) is 5.54. The summed E-state index contributed by atoms with van der Waals surface area (Å²) in [6, 6.07) is 0. The number of rotatable bonds is 1. The molecular formula is C12H19NO. The standard InChI is InChI=1S/C12H19NO/c13-11(14)12-2-1-8-3-9(6-12)5-10(4-8)7-12/h8-10H,1-7H2,(H2,13,14)/t8?,9-,10-,12?/m1/s1. The second kappa shape index (κ2) is 2.74. The van der Waals surface area contributed by atoms with Crippen molar-refractivity contribution >= 4 is 5.91 Å². The summed E-state index contributed by atoms with van der Waals surface area (Å²) in [4.78, 5) is 11.6. The maximum atomic E-state index is 11.6. The number of fused-ring (bicyclic) bond motifs is 1. The van der Waals surface area contributed by atoms with E-state index in [0.717, 1.165) is 37.0 Å². The van der Waals surface area contributed by atoms with E-state index in [-0.39, 0.29) is 11.3 Å². The van der Waals surface area contributed by atoms with Crippen molar-refractivity contribution in [1.29, 1.82) is 0 Å². The highest BCUT2D eigenvalue weighted by molar-refractivity contribution is 5.81. The zero-order valence-corrected chi connectivity index (χ0v) is 8.67. The van der Waals surface area contributed by atoms with Gasteiger partial charge in [-0.15, -0.1) is 0 Å². The van der Waals surface area contributed by atoms with Crippen molar-refractivity contribution in [3.63, 3.8) is 0 Å². The van der Waals surface area contributed by atoms with Crippen LogP contribution in [0.25, 0.3) is 0 Å². The van der Waals surface area contributed by atoms with Crippen molar-refractivity contribution in [3.8, 4) is 0 Å². The van der Waals surface area contributed by atoms with E-state index in [1.807, 2.05) is 0 Å². The van der Waals surface area contributed by atoms with Gasteiger partial charge < -0.3 is 5.73 Å². The van der Waals surface area contributed by atoms with Crippen LogP contribution in [-0.4, -0.2) is 5.91 Å². The minimum Gasteiger partial charge on any atom is -0.369 e. The third-order valence-corrected chi connectivity index (χ3v) is 4.91. The highest BCUT2D eigenvalue weighted by atomic mass is 16.1. The van der Waals surface area contributed by atoms with E-state index in [4.69, 9.17) is 5.73 Å². The smallest absolute Gasteiger partial charge is 0.223 e. The molecule has 0 aromatic carbocycles. The molecule has 0 unspecified atom stereocenters. The first-order valence-electron chi connectivity index (χ1n) is 5.98. The number of hydrogen-bond donors (Lipinski definition) is 1. The molecule has 0 spiro atoms. The molecule has 4 fully saturated rings. The molecule has 1 amide bonds. The van der Waals surface area contributed by atoms with Gasteiger partial charge in [-0.1, -0.05) is 0 Å². The summed E-state index contributed by atoms with van der Waals surface area (Å²) in [5, 5.41) is 0. The molecule has 4 aliphatic carbocycles. The monoisotopic (exact) mass is 193 g/mol. The second-order valence-corrected chi connectivity index (χ2v) is 5.90. The van der Waals surface area contributed by atoms with Crippen LogP contribution in [0.5, 0.6) is 0 Å². The van der Waals surface area contributed by atoms with E-state index in [1.54, 1.807) is 0 Å². The first-order chi connectivity index (χ1) is 6.68. The highest BCUT2D eigenvalue weighted by Gasteiger charge is 2.50. The third kappa shape index (κ3) is 1.12. The van der Waals surface area contributed by atoms with Crippen LogP contribution in [-0.2, 0) is 4.79 Å². The summed E-state index contributed by atoms with van der Waals surface area (Å²) in [5.74, 6) is 2.56. The maximum Gasteiger partial charge on any atom is 0.223 e. The Morgan fingerprint density at radius 1 is 1.07 bits per heavy atom. The van der Waals surface area contributed by atoms with Gasteiger partial charge in [-0.25, -0.2) is 0 Å². The van der Waals surface area contributed by atoms with Crippen molar-refractivity contribution < 1.29 is 4.79 Å². The molecule has 4 saturated carbocycles. The fourth-order valence-corrected chi connectivity index (χ4v) is 4.47. The molecule has 0 saturated heterocycles. The quantitative estimate of drug-likeness (QED) is 0.680. The fourth-order valence-electron chi connectivity index (χ4n) is 4.47. The molecule has 4 aliphatic rings. The lowest BCUT2D eigenvalue weighted by atomic mass is 9.61. The van der Waals surface area contributed by atoms with Crippen LogP contribution in [0.4, 0.5) is 0 Å². The van der Waals surface area contributed by atoms with Crippen molar-refractivity contribution in [2.24, 2.45) is 28.9 Å². The molecule has 0 heterocycles. The van der Waals surface area contributed by atoms with Gasteiger partial charge in [-0.2, -0.15) is 0 Å². The molecule has 0 aromatic rings. The van der Waals surface area contributed by atoms with E-state index in [0.29, 0.717) is 0 Å². The Balaban J connectivity index is 1.97. The van der Waals surface area contributed by atoms with E-state index >= 15 is 0 Å². The summed E-state index contributed by atoms with van der Waals surface area (Å²) in [6.07, 6.45) is 8.70. The van der Waals surface area contributed by atoms with Crippen molar-refractivity contribution in [2.75, 3.05) is 0 Å². The van der Waals surface area contributed by atoms with Crippen LogP contribution in [0.3, 0.4) is 0 Å². The average molecular weight is 193 g/mol. The molecule has 2 nitrogen and oxygen atoms in total. The number of nitrogens with two attached hydrogens (primary N) is 1. The minimum atomic E-state index is -0.0845. The number of hydrogen-bond acceptors (Lipinski definition) is 1. The van der Waals surface area contributed by atoms with Crippen molar-refractivity contribution in [2.45, 2.75) is 44.9 Å². The van der Waals surface area contributed by atoms with E-state index in [2.05, 4.69) is 0 Å². The maximum absolute atomic E-state index is 11.6. The van der Waals surface area contributed by atoms with Gasteiger partial charge in [0, 0.05) is 5.41 Å². The topological polar surface area (TPSA) is 43.1 Å². The van der Waals surface area contributed by atoms with Crippen LogP contribution in [0.1, 0.15) is 44.9 Å². The van der Waals surface area contributed by atoms with Gasteiger partial charge >= 0.3 is 0 Å². The Hall–Kier alpha value is -0.530. The van der Waals surface area contributed by atoms with Crippen LogP contribution in [0.2, 0.25) is 0 Å². The van der Waals surface area contributed by atoms with Gasteiger partial charge in [-0.05, 0) is 62.7 Å². The van der Waals surface area contributed by atoms with Crippen LogP contribution < -0.4 is 5.73 Å². The second-order valence-electron chi connectivity index (χ2n) is 5.90. The van der Waals surface area contributed by atoms with Gasteiger partial charge in [0.1, 0.15) is 0 Å². The van der Waals surface area contributed by atoms with E-state index in [1.165, 1.54) is 25.7 Å². The van der Waals surface area contributed by atoms with Crippen LogP contribution in [0, 0.1) is 23.2 Å². The molecule has 4 bridgehead atoms. The van der Waals surface area contributed by atoms with Crippen molar-refractivity contribution in [1.82, 2.24) is 0 Å². The zero-order chi connectivity index (χ0) is 9.76. The molecule has 0 radical (unpaired) electrons. The SMILES string of the molecule is NC(=O)C12CCC3C[C@H](C[C@@H](C3)C1)C2. The number of primary amides is 1. The zero-order valence-electron chi connectivity index (χ0n) is 8.67. The summed E-state index contributed by atoms with van der Waals surface area (Å²) >= 11 is 0. The summed E-state index contributed by atoms with van der Waals surface area (Å²) in [6.45, 7) is 0. The predicted molar refractivity (Wildman–Crippen MR) is 54.4 cm³/mol. The van der Waals surface area contributed by atoms with Crippen molar-refractivity contribution in [3.05, 3.63) is 0 Å². The molecule has 14 heavy (non-hydrogen) atoms. The average Bonchev–Trinajstić information content (AvgIpc) is 2.31. The lowest BCUT2D eigenvalue weighted by molar-refractivity contribution is -0.132. The van der Waals surface area contributed by atoms with E-state index < -0.39 is 0 Å². The minimum absolute atomic E-state index is 0.00486. The lowest BCUT2D eigenvalue weighted by Gasteiger charge is -2.43. The summed E-state index contributed by atoms with van der Waals surface area (Å²) < 4.78 is 0. The van der Waals surface area contributed by atoms with Crippen LogP contribution >= 0.6 is 0 Å². The Kier molecular flexibility index (Phi) is 1.71. The van der Waals surface area contributed by atoms with Gasteiger partial charge in [0.05, 0.1) is 0 Å². The number of carbonyl (C=O) groups is 1. The molecule has 0 aliphatic heterocycles. The largest absolute Gasteiger partial charge is 0.369 e. The molecular weight excluding hydrogens is 174 g/mol. The Labute approximate surface area is 85.2 Å². The first-order valence-corrected chi connectivity index (χ1v) is 5.98. The first kappa shape index (κ1) is 8.75. The van der Waals surface area contributed by atoms with Gasteiger partial charge in [0.15, 0.2) is 0 Å². The molecule has 2 N–H and O–H groups in total. The Bertz CT molecular complexity index is 259. The molecule has 78 valence electrons. The molecule has 4 rings (SSSR count). The third-order valence-electron chi connectivity index (χ3n) is 4.91. The fraction of sp³-hybridized carbons (Fsp3) is 0.917. The summed E-state index contributed by atoms with van der Waals surface area (Å²) in [7, 11) is 0. The number of amides is 1.